The van der Waals surface area contributed by atoms with Crippen LogP contribution in [0.5, 0.6) is 0 Å². The van der Waals surface area contributed by atoms with Crippen molar-refractivity contribution in [2.45, 2.75) is 19.9 Å². The number of hydrogen-bond donors (Lipinski definition) is 1. The van der Waals surface area contributed by atoms with Gasteiger partial charge in [-0.3, -0.25) is 9.67 Å². The first kappa shape index (κ1) is 22.8. The summed E-state index contributed by atoms with van der Waals surface area (Å²) in [5, 5.41) is 11.9. The second-order valence-electron chi connectivity index (χ2n) is 6.37. The van der Waals surface area contributed by atoms with Crippen LogP contribution in [0.3, 0.4) is 0 Å². The summed E-state index contributed by atoms with van der Waals surface area (Å²) in [6, 6.07) is 8.21. The summed E-state index contributed by atoms with van der Waals surface area (Å²) in [6.07, 6.45) is 4.13. The van der Waals surface area contributed by atoms with Crippen LogP contribution in [-0.4, -0.2) is 55.5 Å². The molecule has 2 heterocycles. The minimum atomic E-state index is -0.258. The Kier molecular flexibility index (Phi) is 8.55. The summed E-state index contributed by atoms with van der Waals surface area (Å²) in [5.74, 6) is 1.42. The van der Waals surface area contributed by atoms with E-state index in [1.165, 1.54) is 12.1 Å². The van der Waals surface area contributed by atoms with E-state index < -0.39 is 0 Å². The van der Waals surface area contributed by atoms with Crippen molar-refractivity contribution in [2.24, 2.45) is 12.0 Å². The predicted molar refractivity (Wildman–Crippen MR) is 121 cm³/mol. The average Bonchev–Trinajstić information content (AvgIpc) is 3.31. The lowest BCUT2D eigenvalue weighted by Gasteiger charge is -2.21. The Morgan fingerprint density at radius 2 is 2.00 bits per heavy atom. The molecule has 2 aromatic heterocycles. The van der Waals surface area contributed by atoms with E-state index in [1.807, 2.05) is 38.2 Å². The second-order valence-corrected chi connectivity index (χ2v) is 6.37. The predicted octanol–water partition coefficient (Wildman–Crippen LogP) is 2.40. The average molecular weight is 512 g/mol. The minimum Gasteiger partial charge on any atom is -0.357 e. The molecule has 0 atom stereocenters. The third-order valence-electron chi connectivity index (χ3n) is 4.25. The lowest BCUT2D eigenvalue weighted by atomic mass is 10.3. The number of aliphatic imine (C=N–C) groups is 1. The third kappa shape index (κ3) is 6.24. The standard InChI is InChI=1S/C19H25FN8.HI/c1-4-21-19(26(2)13-18-23-14-24-27(18)3)22-11-9-16-10-12-28(25-16)17-7-5-15(20)6-8-17;/h5-8,10,12,14H,4,9,11,13H2,1-3H3,(H,21,22);1H. The molecule has 0 unspecified atom stereocenters. The number of halogens is 2. The zero-order chi connectivity index (χ0) is 19.9. The highest BCUT2D eigenvalue weighted by atomic mass is 127. The maximum absolute atomic E-state index is 13.1. The Morgan fingerprint density at radius 3 is 2.66 bits per heavy atom. The Balaban J connectivity index is 0.00000300. The molecule has 0 saturated carbocycles. The lowest BCUT2D eigenvalue weighted by molar-refractivity contribution is 0.448. The fourth-order valence-electron chi connectivity index (χ4n) is 2.73. The Morgan fingerprint density at radius 1 is 1.24 bits per heavy atom. The highest BCUT2D eigenvalue weighted by Gasteiger charge is 2.10. The molecule has 0 radical (unpaired) electrons. The van der Waals surface area contributed by atoms with E-state index in [0.717, 1.165) is 29.7 Å². The summed E-state index contributed by atoms with van der Waals surface area (Å²) in [7, 11) is 3.84. The summed E-state index contributed by atoms with van der Waals surface area (Å²) >= 11 is 0. The maximum Gasteiger partial charge on any atom is 0.194 e. The van der Waals surface area contributed by atoms with Crippen LogP contribution in [0.25, 0.3) is 5.69 Å². The highest BCUT2D eigenvalue weighted by Crippen LogP contribution is 2.09. The Bertz CT molecular complexity index is 918. The summed E-state index contributed by atoms with van der Waals surface area (Å²) in [5.41, 5.74) is 1.76. The molecule has 3 aromatic rings. The summed E-state index contributed by atoms with van der Waals surface area (Å²) < 4.78 is 16.5. The molecular formula is C19H26FIN8. The van der Waals surface area contributed by atoms with E-state index >= 15 is 0 Å². The summed E-state index contributed by atoms with van der Waals surface area (Å²) in [6.45, 7) is 4.03. The summed E-state index contributed by atoms with van der Waals surface area (Å²) in [4.78, 5) is 11.0. The number of aryl methyl sites for hydroxylation is 1. The van der Waals surface area contributed by atoms with Gasteiger partial charge in [0.05, 0.1) is 17.9 Å². The van der Waals surface area contributed by atoms with Gasteiger partial charge in [0.1, 0.15) is 18.0 Å². The van der Waals surface area contributed by atoms with Crippen LogP contribution in [0.15, 0.2) is 47.8 Å². The van der Waals surface area contributed by atoms with E-state index in [4.69, 9.17) is 0 Å². The molecule has 29 heavy (non-hydrogen) atoms. The molecule has 0 aliphatic heterocycles. The number of benzene rings is 1. The van der Waals surface area contributed by atoms with E-state index in [0.29, 0.717) is 19.5 Å². The van der Waals surface area contributed by atoms with Crippen molar-refractivity contribution in [3.8, 4) is 5.69 Å². The number of aromatic nitrogens is 5. The first-order valence-corrected chi connectivity index (χ1v) is 9.19. The molecule has 0 spiro atoms. The molecule has 0 amide bonds. The molecule has 0 fully saturated rings. The second kappa shape index (κ2) is 10.9. The molecule has 10 heteroatoms. The smallest absolute Gasteiger partial charge is 0.194 e. The normalized spacial score (nSPS) is 11.2. The number of guanidine groups is 1. The van der Waals surface area contributed by atoms with Gasteiger partial charge in [0, 0.05) is 39.8 Å². The van der Waals surface area contributed by atoms with Gasteiger partial charge in [-0.05, 0) is 37.3 Å². The van der Waals surface area contributed by atoms with Crippen LogP contribution in [0, 0.1) is 5.82 Å². The lowest BCUT2D eigenvalue weighted by Crippen LogP contribution is -2.39. The number of hydrogen-bond acceptors (Lipinski definition) is 4. The monoisotopic (exact) mass is 512 g/mol. The van der Waals surface area contributed by atoms with Gasteiger partial charge in [-0.25, -0.2) is 14.1 Å². The van der Waals surface area contributed by atoms with Crippen molar-refractivity contribution in [3.63, 3.8) is 0 Å². The number of nitrogens with zero attached hydrogens (tertiary/aromatic N) is 7. The number of rotatable bonds is 7. The van der Waals surface area contributed by atoms with E-state index in [2.05, 4.69) is 25.5 Å². The molecule has 0 bridgehead atoms. The van der Waals surface area contributed by atoms with Crippen molar-refractivity contribution in [2.75, 3.05) is 20.1 Å². The van der Waals surface area contributed by atoms with E-state index in [-0.39, 0.29) is 29.8 Å². The fourth-order valence-corrected chi connectivity index (χ4v) is 2.73. The Hall–Kier alpha value is -2.50. The van der Waals surface area contributed by atoms with Gasteiger partial charge in [0.25, 0.3) is 0 Å². The van der Waals surface area contributed by atoms with Crippen LogP contribution in [0.1, 0.15) is 18.4 Å². The molecule has 8 nitrogen and oxygen atoms in total. The van der Waals surface area contributed by atoms with E-state index in [9.17, 15) is 4.39 Å². The van der Waals surface area contributed by atoms with Crippen molar-refractivity contribution in [3.05, 3.63) is 60.2 Å². The van der Waals surface area contributed by atoms with Gasteiger partial charge in [-0.1, -0.05) is 0 Å². The largest absolute Gasteiger partial charge is 0.357 e. The van der Waals surface area contributed by atoms with Crippen LogP contribution < -0.4 is 5.32 Å². The van der Waals surface area contributed by atoms with Crippen LogP contribution in [0.2, 0.25) is 0 Å². The SMILES string of the molecule is CCNC(=NCCc1ccn(-c2ccc(F)cc2)n1)N(C)Cc1ncnn1C.I. The molecular weight excluding hydrogens is 486 g/mol. The topological polar surface area (TPSA) is 76.2 Å². The van der Waals surface area contributed by atoms with Crippen LogP contribution >= 0.6 is 24.0 Å². The molecule has 0 aliphatic carbocycles. The van der Waals surface area contributed by atoms with Crippen molar-refractivity contribution >= 4 is 29.9 Å². The first-order valence-electron chi connectivity index (χ1n) is 9.19. The van der Waals surface area contributed by atoms with Gasteiger partial charge in [-0.2, -0.15) is 10.2 Å². The molecule has 156 valence electrons. The highest BCUT2D eigenvalue weighted by molar-refractivity contribution is 14.0. The van der Waals surface area contributed by atoms with Crippen molar-refractivity contribution in [1.82, 2.24) is 34.8 Å². The van der Waals surface area contributed by atoms with Crippen molar-refractivity contribution < 1.29 is 4.39 Å². The molecule has 0 saturated heterocycles. The van der Waals surface area contributed by atoms with Crippen LogP contribution in [0.4, 0.5) is 4.39 Å². The number of nitrogens with one attached hydrogen (secondary N) is 1. The maximum atomic E-state index is 13.1. The first-order chi connectivity index (χ1) is 13.6. The van der Waals surface area contributed by atoms with Crippen molar-refractivity contribution in [1.29, 1.82) is 0 Å². The van der Waals surface area contributed by atoms with Gasteiger partial charge in [-0.15, -0.1) is 24.0 Å². The molecule has 3 rings (SSSR count). The molecule has 0 aliphatic rings. The zero-order valence-electron chi connectivity index (χ0n) is 16.8. The van der Waals surface area contributed by atoms with Gasteiger partial charge in [0.2, 0.25) is 0 Å². The fraction of sp³-hybridized carbons (Fsp3) is 0.368. The minimum absolute atomic E-state index is 0. The van der Waals surface area contributed by atoms with Gasteiger partial charge in [0.15, 0.2) is 5.96 Å². The Labute approximate surface area is 186 Å². The van der Waals surface area contributed by atoms with Gasteiger partial charge < -0.3 is 10.2 Å². The van der Waals surface area contributed by atoms with E-state index in [1.54, 1.807) is 27.8 Å². The third-order valence-corrected chi connectivity index (χ3v) is 4.25. The molecule has 1 aromatic carbocycles. The zero-order valence-corrected chi connectivity index (χ0v) is 19.1. The van der Waals surface area contributed by atoms with Crippen LogP contribution in [-0.2, 0) is 20.0 Å². The molecule has 1 N–H and O–H groups in total. The van der Waals surface area contributed by atoms with Gasteiger partial charge >= 0.3 is 0 Å². The quantitative estimate of drug-likeness (QED) is 0.299.